The van der Waals surface area contributed by atoms with Gasteiger partial charge in [-0.05, 0) is 11.1 Å². The van der Waals surface area contributed by atoms with Gasteiger partial charge in [-0.3, -0.25) is 0 Å². The van der Waals surface area contributed by atoms with Gasteiger partial charge in [-0.25, -0.2) is 0 Å². The van der Waals surface area contributed by atoms with E-state index < -0.39 is 23.5 Å². The molecular formula is C12H8F6. The minimum absolute atomic E-state index is 0.277. The van der Waals surface area contributed by atoms with Crippen molar-refractivity contribution in [1.82, 2.24) is 0 Å². The van der Waals surface area contributed by atoms with Gasteiger partial charge in [-0.1, -0.05) is 37.4 Å². The Kier molecular flexibility index (Phi) is 3.59. The Morgan fingerprint density at radius 2 is 0.889 bits per heavy atom. The number of hydrogen-bond donors (Lipinski definition) is 0. The van der Waals surface area contributed by atoms with Crippen molar-refractivity contribution < 1.29 is 26.3 Å². The van der Waals surface area contributed by atoms with Crippen molar-refractivity contribution in [3.63, 3.8) is 0 Å². The smallest absolute Gasteiger partial charge is 0.166 e. The van der Waals surface area contributed by atoms with Crippen molar-refractivity contribution in [3.8, 4) is 0 Å². The summed E-state index contributed by atoms with van der Waals surface area (Å²) in [5.74, 6) is 0. The van der Waals surface area contributed by atoms with Crippen LogP contribution in [0, 0.1) is 0 Å². The zero-order valence-corrected chi connectivity index (χ0v) is 8.99. The molecule has 0 fully saturated rings. The Morgan fingerprint density at radius 1 is 0.667 bits per heavy atom. The van der Waals surface area contributed by atoms with Gasteiger partial charge in [0.2, 0.25) is 0 Å². The summed E-state index contributed by atoms with van der Waals surface area (Å²) >= 11 is 0. The molecule has 0 saturated heterocycles. The monoisotopic (exact) mass is 266 g/mol. The van der Waals surface area contributed by atoms with Gasteiger partial charge in [0.15, 0.2) is 0 Å². The van der Waals surface area contributed by atoms with E-state index in [1.807, 2.05) is 0 Å². The third-order valence-corrected chi connectivity index (χ3v) is 2.27. The van der Waals surface area contributed by atoms with Crippen LogP contribution < -0.4 is 0 Å². The predicted octanol–water partition coefficient (Wildman–Crippen LogP) is 4.84. The van der Waals surface area contributed by atoms with E-state index in [1.165, 1.54) is 0 Å². The summed E-state index contributed by atoms with van der Waals surface area (Å²) in [5, 5.41) is 0. The summed E-state index contributed by atoms with van der Waals surface area (Å²) in [6, 6.07) is 3.73. The largest absolute Gasteiger partial charge is 0.416 e. The van der Waals surface area contributed by atoms with Crippen molar-refractivity contribution in [2.75, 3.05) is 0 Å². The number of alkyl halides is 6. The first-order chi connectivity index (χ1) is 8.03. The number of halogens is 6. The highest BCUT2D eigenvalue weighted by Crippen LogP contribution is 2.35. The van der Waals surface area contributed by atoms with Crippen LogP contribution in [0.25, 0.3) is 11.1 Å². The third kappa shape index (κ3) is 3.15. The lowest BCUT2D eigenvalue weighted by molar-refractivity contribution is -0.0697. The average Bonchev–Trinajstić information content (AvgIpc) is 2.25. The van der Waals surface area contributed by atoms with E-state index in [4.69, 9.17) is 0 Å². The van der Waals surface area contributed by atoms with E-state index in [1.54, 1.807) is 0 Å². The van der Waals surface area contributed by atoms with Gasteiger partial charge < -0.3 is 0 Å². The van der Waals surface area contributed by atoms with Crippen molar-refractivity contribution >= 4 is 11.1 Å². The first-order valence-corrected chi connectivity index (χ1v) is 4.66. The molecular weight excluding hydrogens is 258 g/mol. The zero-order valence-electron chi connectivity index (χ0n) is 8.99. The summed E-state index contributed by atoms with van der Waals surface area (Å²) in [5.41, 5.74) is -2.76. The molecule has 1 aromatic rings. The van der Waals surface area contributed by atoms with Crippen LogP contribution in [0.15, 0.2) is 37.4 Å². The maximum atomic E-state index is 12.3. The standard InChI is InChI=1S/C12H8F6/c1-7(11(13,14)15)9-3-5-10(6-4-9)8(2)12(16,17)18/h3-6H,1-2H2. The van der Waals surface area contributed by atoms with Gasteiger partial charge in [0, 0.05) is 0 Å². The molecule has 0 aliphatic rings. The topological polar surface area (TPSA) is 0 Å². The molecule has 0 aromatic heterocycles. The molecule has 0 N–H and O–H groups in total. The lowest BCUT2D eigenvalue weighted by Crippen LogP contribution is -2.11. The molecule has 0 spiro atoms. The molecule has 18 heavy (non-hydrogen) atoms. The van der Waals surface area contributed by atoms with E-state index in [0.29, 0.717) is 0 Å². The molecule has 0 saturated carbocycles. The van der Waals surface area contributed by atoms with Crippen molar-refractivity contribution in [1.29, 1.82) is 0 Å². The van der Waals surface area contributed by atoms with E-state index >= 15 is 0 Å². The van der Waals surface area contributed by atoms with E-state index in [0.717, 1.165) is 24.3 Å². The molecule has 0 atom stereocenters. The predicted molar refractivity (Wildman–Crippen MR) is 56.6 cm³/mol. The van der Waals surface area contributed by atoms with Gasteiger partial charge in [0.1, 0.15) is 0 Å². The highest BCUT2D eigenvalue weighted by molar-refractivity contribution is 5.72. The molecule has 0 radical (unpaired) electrons. The molecule has 6 heteroatoms. The average molecular weight is 266 g/mol. The second-order valence-corrected chi connectivity index (χ2v) is 3.53. The molecule has 0 unspecified atom stereocenters. The second-order valence-electron chi connectivity index (χ2n) is 3.53. The maximum absolute atomic E-state index is 12.3. The van der Waals surface area contributed by atoms with E-state index in [-0.39, 0.29) is 11.1 Å². The zero-order chi connectivity index (χ0) is 14.1. The van der Waals surface area contributed by atoms with Crippen molar-refractivity contribution in [2.45, 2.75) is 12.4 Å². The normalized spacial score (nSPS) is 12.3. The van der Waals surface area contributed by atoms with E-state index in [9.17, 15) is 26.3 Å². The molecule has 0 aliphatic heterocycles. The highest BCUT2D eigenvalue weighted by Gasteiger charge is 2.34. The lowest BCUT2D eigenvalue weighted by atomic mass is 10.0. The molecule has 0 heterocycles. The number of hydrogen-bond acceptors (Lipinski definition) is 0. The van der Waals surface area contributed by atoms with Crippen LogP contribution in [0.4, 0.5) is 26.3 Å². The quantitative estimate of drug-likeness (QED) is 0.672. The van der Waals surface area contributed by atoms with Crippen LogP contribution in [-0.4, -0.2) is 12.4 Å². The van der Waals surface area contributed by atoms with E-state index in [2.05, 4.69) is 13.2 Å². The van der Waals surface area contributed by atoms with Gasteiger partial charge in [0.05, 0.1) is 11.1 Å². The second kappa shape index (κ2) is 4.51. The fourth-order valence-corrected chi connectivity index (χ4v) is 1.20. The van der Waals surface area contributed by atoms with Crippen LogP contribution in [0.3, 0.4) is 0 Å². The number of benzene rings is 1. The minimum atomic E-state index is -4.61. The Morgan fingerprint density at radius 3 is 1.06 bits per heavy atom. The Hall–Kier alpha value is -1.72. The Bertz CT molecular complexity index is 416. The third-order valence-electron chi connectivity index (χ3n) is 2.27. The van der Waals surface area contributed by atoms with Crippen LogP contribution in [0.1, 0.15) is 11.1 Å². The van der Waals surface area contributed by atoms with Crippen LogP contribution >= 0.6 is 0 Å². The van der Waals surface area contributed by atoms with Crippen LogP contribution in [0.2, 0.25) is 0 Å². The summed E-state index contributed by atoms with van der Waals surface area (Å²) in [4.78, 5) is 0. The number of allylic oxidation sites excluding steroid dienone is 2. The summed E-state index contributed by atoms with van der Waals surface area (Å²) in [6.45, 7) is 5.70. The Balaban J connectivity index is 3.01. The summed E-state index contributed by atoms with van der Waals surface area (Å²) in [7, 11) is 0. The van der Waals surface area contributed by atoms with Crippen LogP contribution in [-0.2, 0) is 0 Å². The van der Waals surface area contributed by atoms with Crippen molar-refractivity contribution in [2.24, 2.45) is 0 Å². The molecule has 98 valence electrons. The first kappa shape index (κ1) is 14.3. The molecule has 1 rings (SSSR count). The van der Waals surface area contributed by atoms with Gasteiger partial charge in [0.25, 0.3) is 0 Å². The summed E-state index contributed by atoms with van der Waals surface area (Å²) in [6.07, 6.45) is -9.22. The molecule has 1 aromatic carbocycles. The summed E-state index contributed by atoms with van der Waals surface area (Å²) < 4.78 is 73.7. The van der Waals surface area contributed by atoms with Crippen LogP contribution in [0.5, 0.6) is 0 Å². The highest BCUT2D eigenvalue weighted by atomic mass is 19.4. The molecule has 0 aliphatic carbocycles. The minimum Gasteiger partial charge on any atom is -0.166 e. The maximum Gasteiger partial charge on any atom is 0.416 e. The molecule has 0 bridgehead atoms. The molecule has 0 nitrogen and oxygen atoms in total. The van der Waals surface area contributed by atoms with Crippen molar-refractivity contribution in [3.05, 3.63) is 48.6 Å². The van der Waals surface area contributed by atoms with Gasteiger partial charge in [-0.15, -0.1) is 0 Å². The Labute approximate surface area is 99.2 Å². The first-order valence-electron chi connectivity index (χ1n) is 4.66. The van der Waals surface area contributed by atoms with Gasteiger partial charge >= 0.3 is 12.4 Å². The van der Waals surface area contributed by atoms with Gasteiger partial charge in [-0.2, -0.15) is 26.3 Å². The fraction of sp³-hybridized carbons (Fsp3) is 0.167. The lowest BCUT2D eigenvalue weighted by Gasteiger charge is -2.13. The SMILES string of the molecule is C=C(c1ccc(C(=C)C(F)(F)F)cc1)C(F)(F)F. The fourth-order valence-electron chi connectivity index (χ4n) is 1.20. The number of rotatable bonds is 2. The molecule has 0 amide bonds.